The minimum Gasteiger partial charge on any atom is -0.487 e. The van der Waals surface area contributed by atoms with E-state index in [1.165, 1.54) is 27.9 Å². The second-order valence-corrected chi connectivity index (χ2v) is 10.2. The number of amides is 1. The van der Waals surface area contributed by atoms with E-state index in [4.69, 9.17) is 10.1 Å². The van der Waals surface area contributed by atoms with Gasteiger partial charge in [-0.1, -0.05) is 66.2 Å². The van der Waals surface area contributed by atoms with Crippen LogP contribution in [0.5, 0.6) is 5.75 Å². The molecular weight excluding hydrogens is 494 g/mol. The summed E-state index contributed by atoms with van der Waals surface area (Å²) in [6.07, 6.45) is 1.79. The van der Waals surface area contributed by atoms with Gasteiger partial charge in [-0.2, -0.15) is 15.1 Å². The lowest BCUT2D eigenvalue weighted by Crippen LogP contribution is -2.35. The predicted molar refractivity (Wildman–Crippen MR) is 154 cm³/mol. The summed E-state index contributed by atoms with van der Waals surface area (Å²) in [5.41, 5.74) is 5.64. The summed E-state index contributed by atoms with van der Waals surface area (Å²) in [6, 6.07) is 26.1. The molecule has 0 spiro atoms. The van der Waals surface area contributed by atoms with Crippen LogP contribution in [0.2, 0.25) is 0 Å². The number of aliphatic imine (C=N–C) groups is 1. The van der Waals surface area contributed by atoms with Crippen LogP contribution in [0.15, 0.2) is 94.5 Å². The summed E-state index contributed by atoms with van der Waals surface area (Å²) >= 11 is 1.25. The van der Waals surface area contributed by atoms with Crippen LogP contribution >= 0.6 is 11.8 Å². The van der Waals surface area contributed by atoms with Gasteiger partial charge in [0, 0.05) is 28.7 Å². The molecule has 0 atom stereocenters. The normalized spacial score (nSPS) is 16.2. The zero-order chi connectivity index (χ0) is 26.2. The van der Waals surface area contributed by atoms with Gasteiger partial charge < -0.3 is 9.30 Å². The Bertz CT molecular complexity index is 1680. The van der Waals surface area contributed by atoms with Gasteiger partial charge >= 0.3 is 0 Å². The Morgan fingerprint density at radius 1 is 1.00 bits per heavy atom. The van der Waals surface area contributed by atoms with Gasteiger partial charge in [0.15, 0.2) is 5.84 Å². The van der Waals surface area contributed by atoms with Crippen molar-refractivity contribution in [1.29, 1.82) is 5.41 Å². The maximum absolute atomic E-state index is 13.1. The quantitative estimate of drug-likeness (QED) is 0.317. The van der Waals surface area contributed by atoms with Crippen molar-refractivity contribution in [3.63, 3.8) is 0 Å². The van der Waals surface area contributed by atoms with Crippen molar-refractivity contribution in [2.45, 2.75) is 20.4 Å². The lowest BCUT2D eigenvalue weighted by molar-refractivity contribution is -0.114. The number of fused-ring (bicyclic) bond motifs is 2. The zero-order valence-corrected chi connectivity index (χ0v) is 21.8. The molecule has 188 valence electrons. The minimum atomic E-state index is -0.441. The van der Waals surface area contributed by atoms with Gasteiger partial charge in [-0.15, -0.1) is 0 Å². The van der Waals surface area contributed by atoms with Gasteiger partial charge in [0.25, 0.3) is 5.91 Å². The predicted octanol–water partition coefficient (Wildman–Crippen LogP) is 6.00. The molecule has 0 bridgehead atoms. The molecule has 38 heavy (non-hydrogen) atoms. The van der Waals surface area contributed by atoms with E-state index < -0.39 is 5.91 Å². The number of ether oxygens (including phenoxy) is 1. The van der Waals surface area contributed by atoms with Crippen LogP contribution in [0.4, 0.5) is 0 Å². The summed E-state index contributed by atoms with van der Waals surface area (Å²) in [5.74, 6) is 0.299. The minimum absolute atomic E-state index is 0.0112. The van der Waals surface area contributed by atoms with E-state index in [2.05, 4.69) is 64.9 Å². The van der Waals surface area contributed by atoms with Crippen LogP contribution in [-0.2, 0) is 11.3 Å². The highest BCUT2D eigenvalue weighted by Gasteiger charge is 2.36. The van der Waals surface area contributed by atoms with Gasteiger partial charge in [-0.05, 0) is 55.4 Å². The Morgan fingerprint density at radius 2 is 1.79 bits per heavy atom. The molecule has 0 aliphatic carbocycles. The first-order valence-corrected chi connectivity index (χ1v) is 13.1. The fourth-order valence-electron chi connectivity index (χ4n) is 4.73. The third-order valence-electron chi connectivity index (χ3n) is 6.59. The summed E-state index contributed by atoms with van der Waals surface area (Å²) in [7, 11) is 0. The number of hydrogen-bond donors (Lipinski definition) is 1. The average molecular weight is 520 g/mol. The Hall–Kier alpha value is -4.43. The second-order valence-electron chi connectivity index (χ2n) is 9.21. The van der Waals surface area contributed by atoms with Crippen LogP contribution < -0.4 is 4.74 Å². The van der Waals surface area contributed by atoms with Crippen molar-refractivity contribution >= 4 is 50.7 Å². The van der Waals surface area contributed by atoms with E-state index in [0.29, 0.717) is 16.8 Å². The van der Waals surface area contributed by atoms with E-state index in [-0.39, 0.29) is 18.0 Å². The number of amidine groups is 2. The molecule has 0 unspecified atom stereocenters. The standard InChI is InChI=1S/C30H25N5O2S/c1-19-9-8-10-21(15-19)17-34-20(2)24(23-13-6-7-14-26(23)34)16-25-28(31)35-30(32-29(25)36)38-27(33-35)18-37-22-11-4-3-5-12-22/h3-16,31H,17-18H2,1-2H3/b25-16-,31-28?. The molecule has 0 saturated carbocycles. The van der Waals surface area contributed by atoms with E-state index in [1.807, 2.05) is 42.5 Å². The summed E-state index contributed by atoms with van der Waals surface area (Å²) in [6.45, 7) is 5.09. The molecule has 1 amide bonds. The highest BCUT2D eigenvalue weighted by molar-refractivity contribution is 8.27. The molecule has 6 rings (SSSR count). The van der Waals surface area contributed by atoms with Crippen molar-refractivity contribution in [2.75, 3.05) is 6.61 Å². The largest absolute Gasteiger partial charge is 0.487 e. The molecule has 1 N–H and O–H groups in total. The molecule has 0 fully saturated rings. The highest BCUT2D eigenvalue weighted by atomic mass is 32.2. The van der Waals surface area contributed by atoms with Gasteiger partial charge in [0.05, 0.1) is 5.57 Å². The van der Waals surface area contributed by atoms with E-state index in [1.54, 1.807) is 6.08 Å². The molecule has 3 heterocycles. The maximum Gasteiger partial charge on any atom is 0.283 e. The van der Waals surface area contributed by atoms with E-state index in [0.717, 1.165) is 27.9 Å². The van der Waals surface area contributed by atoms with Crippen molar-refractivity contribution in [1.82, 2.24) is 9.58 Å². The van der Waals surface area contributed by atoms with Crippen LogP contribution in [0.1, 0.15) is 22.4 Å². The number of benzene rings is 3. The number of nitrogens with one attached hydrogen (secondary N) is 1. The van der Waals surface area contributed by atoms with Gasteiger partial charge in [-0.3, -0.25) is 10.2 Å². The summed E-state index contributed by atoms with van der Waals surface area (Å²) < 4.78 is 8.05. The number of hydrogen-bond acceptors (Lipinski definition) is 5. The first-order chi connectivity index (χ1) is 18.5. The number of thioether (sulfide) groups is 1. The lowest BCUT2D eigenvalue weighted by atomic mass is 10.1. The third-order valence-corrected chi connectivity index (χ3v) is 7.48. The first kappa shape index (κ1) is 23.9. The third kappa shape index (κ3) is 4.43. The SMILES string of the molecule is Cc1cccc(Cn2c(C)c(/C=C3/C(=N)N4N=C(COc5ccccc5)SC4=NC3=O)c3ccccc32)c1. The van der Waals surface area contributed by atoms with Crippen molar-refractivity contribution in [3.05, 3.63) is 107 Å². The van der Waals surface area contributed by atoms with E-state index >= 15 is 0 Å². The fraction of sp³-hybridized carbons (Fsp3) is 0.133. The van der Waals surface area contributed by atoms with Crippen LogP contribution in [0.25, 0.3) is 17.0 Å². The Labute approximate surface area is 224 Å². The Kier molecular flexibility index (Phi) is 6.17. The van der Waals surface area contributed by atoms with Crippen molar-refractivity contribution in [3.8, 4) is 5.75 Å². The molecule has 1 aromatic heterocycles. The summed E-state index contributed by atoms with van der Waals surface area (Å²) in [5, 5.41) is 16.8. The van der Waals surface area contributed by atoms with Crippen LogP contribution in [0, 0.1) is 19.3 Å². The summed E-state index contributed by atoms with van der Waals surface area (Å²) in [4.78, 5) is 17.3. The Balaban J connectivity index is 1.32. The van der Waals surface area contributed by atoms with E-state index in [9.17, 15) is 4.79 Å². The van der Waals surface area contributed by atoms with Gasteiger partial charge in [0.2, 0.25) is 5.17 Å². The molecule has 0 radical (unpaired) electrons. The number of aromatic nitrogens is 1. The number of rotatable bonds is 6. The Morgan fingerprint density at radius 3 is 2.61 bits per heavy atom. The van der Waals surface area contributed by atoms with Crippen molar-refractivity contribution in [2.24, 2.45) is 10.1 Å². The number of carbonyl (C=O) groups is 1. The molecule has 7 nitrogen and oxygen atoms in total. The number of hydrazone groups is 1. The van der Waals surface area contributed by atoms with Gasteiger partial charge in [0.1, 0.15) is 17.4 Å². The molecule has 3 aromatic carbocycles. The fourth-order valence-corrected chi connectivity index (χ4v) is 5.53. The zero-order valence-electron chi connectivity index (χ0n) is 21.0. The topological polar surface area (TPSA) is 83.0 Å². The van der Waals surface area contributed by atoms with Gasteiger partial charge in [-0.25, -0.2) is 0 Å². The second kappa shape index (κ2) is 9.79. The van der Waals surface area contributed by atoms with Crippen molar-refractivity contribution < 1.29 is 9.53 Å². The van der Waals surface area contributed by atoms with Crippen LogP contribution in [-0.4, -0.2) is 38.1 Å². The highest BCUT2D eigenvalue weighted by Crippen LogP contribution is 2.32. The average Bonchev–Trinajstić information content (AvgIpc) is 3.45. The molecular formula is C30H25N5O2S. The molecule has 8 heteroatoms. The maximum atomic E-state index is 13.1. The molecule has 2 aliphatic heterocycles. The number of para-hydroxylation sites is 2. The monoisotopic (exact) mass is 519 g/mol. The lowest BCUT2D eigenvalue weighted by Gasteiger charge is -2.20. The number of aryl methyl sites for hydroxylation is 1. The molecule has 0 saturated heterocycles. The smallest absolute Gasteiger partial charge is 0.283 e. The number of carbonyl (C=O) groups excluding carboxylic acids is 1. The molecule has 4 aromatic rings. The van der Waals surface area contributed by atoms with Crippen LogP contribution in [0.3, 0.4) is 0 Å². The molecule has 2 aliphatic rings. The number of nitrogens with zero attached hydrogens (tertiary/aromatic N) is 4. The first-order valence-electron chi connectivity index (χ1n) is 12.3.